The van der Waals surface area contributed by atoms with Crippen LogP contribution in [-0.2, 0) is 11.0 Å². The zero-order chi connectivity index (χ0) is 11.5. The molecule has 0 heterocycles. The Morgan fingerprint density at radius 1 is 1.27 bits per heavy atom. The molecule has 84 valence electrons. The number of rotatable bonds is 3. The van der Waals surface area contributed by atoms with Crippen molar-refractivity contribution in [2.45, 2.75) is 26.1 Å². The summed E-state index contributed by atoms with van der Waals surface area (Å²) in [5.41, 5.74) is 2.05. The highest BCUT2D eigenvalue weighted by molar-refractivity contribution is 5.44. The molecular formula is C10H12F3NO. The number of halogens is 3. The molecule has 15 heavy (non-hydrogen) atoms. The minimum absolute atomic E-state index is 0.0976. The number of hydrogen-bond acceptors (Lipinski definition) is 2. The third-order valence-corrected chi connectivity index (χ3v) is 1.60. The van der Waals surface area contributed by atoms with Crippen LogP contribution in [-0.4, -0.2) is 6.10 Å². The first-order valence-electron chi connectivity index (χ1n) is 4.48. The molecule has 0 amide bonds. The Labute approximate surface area is 86.0 Å². The van der Waals surface area contributed by atoms with E-state index >= 15 is 0 Å². The Kier molecular flexibility index (Phi) is 3.57. The summed E-state index contributed by atoms with van der Waals surface area (Å²) in [4.78, 5) is 4.98. The van der Waals surface area contributed by atoms with Crippen LogP contribution in [0.5, 0.6) is 0 Å². The van der Waals surface area contributed by atoms with E-state index < -0.39 is 11.7 Å². The van der Waals surface area contributed by atoms with E-state index in [4.69, 9.17) is 4.84 Å². The van der Waals surface area contributed by atoms with Crippen molar-refractivity contribution in [2.24, 2.45) is 0 Å². The molecule has 0 unspecified atom stereocenters. The van der Waals surface area contributed by atoms with E-state index in [0.29, 0.717) is 5.69 Å². The number of alkyl halides is 3. The van der Waals surface area contributed by atoms with Crippen molar-refractivity contribution in [3.8, 4) is 0 Å². The van der Waals surface area contributed by atoms with Crippen molar-refractivity contribution < 1.29 is 18.0 Å². The summed E-state index contributed by atoms with van der Waals surface area (Å²) in [6.45, 7) is 3.56. The summed E-state index contributed by atoms with van der Waals surface area (Å²) in [5.74, 6) is 0. The van der Waals surface area contributed by atoms with Gasteiger partial charge in [-0.3, -0.25) is 10.3 Å². The van der Waals surface area contributed by atoms with Crippen molar-refractivity contribution in [1.82, 2.24) is 0 Å². The van der Waals surface area contributed by atoms with Gasteiger partial charge in [-0.25, -0.2) is 0 Å². The standard InChI is InChI=1S/C10H12F3NO/c1-7(2)15-14-9-5-3-4-8(6-9)10(11,12)13/h3-7,14H,1-2H3. The highest BCUT2D eigenvalue weighted by atomic mass is 19.4. The Morgan fingerprint density at radius 2 is 1.93 bits per heavy atom. The molecule has 0 bridgehead atoms. The predicted octanol–water partition coefficient (Wildman–Crippen LogP) is 3.46. The van der Waals surface area contributed by atoms with E-state index in [1.165, 1.54) is 12.1 Å². The normalized spacial score (nSPS) is 11.9. The van der Waals surface area contributed by atoms with Crippen LogP contribution in [0.3, 0.4) is 0 Å². The van der Waals surface area contributed by atoms with Crippen LogP contribution < -0.4 is 5.48 Å². The van der Waals surface area contributed by atoms with Gasteiger partial charge in [-0.2, -0.15) is 13.2 Å². The van der Waals surface area contributed by atoms with E-state index in [1.54, 1.807) is 13.8 Å². The number of nitrogens with one attached hydrogen (secondary N) is 1. The molecule has 0 radical (unpaired) electrons. The Balaban J connectivity index is 2.75. The first-order valence-corrected chi connectivity index (χ1v) is 4.48. The Morgan fingerprint density at radius 3 is 2.47 bits per heavy atom. The lowest BCUT2D eigenvalue weighted by Gasteiger charge is -2.12. The summed E-state index contributed by atoms with van der Waals surface area (Å²) >= 11 is 0. The van der Waals surface area contributed by atoms with Gasteiger partial charge >= 0.3 is 6.18 Å². The molecular weight excluding hydrogens is 207 g/mol. The van der Waals surface area contributed by atoms with Gasteiger partial charge in [-0.15, -0.1) is 0 Å². The maximum Gasteiger partial charge on any atom is 0.416 e. The predicted molar refractivity (Wildman–Crippen MR) is 51.3 cm³/mol. The summed E-state index contributed by atoms with van der Waals surface area (Å²) in [7, 11) is 0. The lowest BCUT2D eigenvalue weighted by molar-refractivity contribution is -0.137. The second kappa shape index (κ2) is 4.53. The van der Waals surface area contributed by atoms with Gasteiger partial charge in [0.05, 0.1) is 17.4 Å². The van der Waals surface area contributed by atoms with Crippen LogP contribution in [0.15, 0.2) is 24.3 Å². The molecule has 0 fully saturated rings. The third kappa shape index (κ3) is 3.79. The van der Waals surface area contributed by atoms with Gasteiger partial charge in [0.1, 0.15) is 0 Å². The molecule has 0 saturated heterocycles. The molecule has 1 N–H and O–H groups in total. The minimum atomic E-state index is -4.32. The molecule has 0 atom stereocenters. The molecule has 0 aliphatic carbocycles. The topological polar surface area (TPSA) is 21.3 Å². The maximum absolute atomic E-state index is 12.3. The van der Waals surface area contributed by atoms with Crippen LogP contribution in [0.4, 0.5) is 18.9 Å². The molecule has 1 aromatic rings. The van der Waals surface area contributed by atoms with Crippen LogP contribution in [0.1, 0.15) is 19.4 Å². The molecule has 0 saturated carbocycles. The van der Waals surface area contributed by atoms with Gasteiger partial charge in [0, 0.05) is 0 Å². The lowest BCUT2D eigenvalue weighted by Crippen LogP contribution is -2.10. The fourth-order valence-electron chi connectivity index (χ4n) is 0.945. The van der Waals surface area contributed by atoms with E-state index in [-0.39, 0.29) is 6.10 Å². The molecule has 2 nitrogen and oxygen atoms in total. The van der Waals surface area contributed by atoms with Gasteiger partial charge in [0.15, 0.2) is 0 Å². The number of benzene rings is 1. The van der Waals surface area contributed by atoms with Crippen molar-refractivity contribution in [1.29, 1.82) is 0 Å². The number of hydrogen-bond donors (Lipinski definition) is 1. The highest BCUT2D eigenvalue weighted by Gasteiger charge is 2.30. The largest absolute Gasteiger partial charge is 0.416 e. The van der Waals surface area contributed by atoms with Crippen LogP contribution in [0.2, 0.25) is 0 Å². The van der Waals surface area contributed by atoms with Crippen LogP contribution in [0.25, 0.3) is 0 Å². The van der Waals surface area contributed by atoms with Crippen molar-refractivity contribution in [2.75, 3.05) is 5.48 Å². The number of anilines is 1. The first-order chi connectivity index (χ1) is 6.89. The lowest BCUT2D eigenvalue weighted by atomic mass is 10.2. The zero-order valence-electron chi connectivity index (χ0n) is 8.43. The molecule has 0 spiro atoms. The summed E-state index contributed by atoms with van der Waals surface area (Å²) < 4.78 is 36.9. The van der Waals surface area contributed by atoms with Crippen molar-refractivity contribution >= 4 is 5.69 Å². The van der Waals surface area contributed by atoms with E-state index in [9.17, 15) is 13.2 Å². The molecule has 0 aromatic heterocycles. The quantitative estimate of drug-likeness (QED) is 0.786. The summed E-state index contributed by atoms with van der Waals surface area (Å²) in [6.07, 6.45) is -4.42. The fourth-order valence-corrected chi connectivity index (χ4v) is 0.945. The van der Waals surface area contributed by atoms with Crippen molar-refractivity contribution in [3.63, 3.8) is 0 Å². The monoisotopic (exact) mass is 219 g/mol. The molecule has 1 rings (SSSR count). The zero-order valence-corrected chi connectivity index (χ0v) is 8.43. The average molecular weight is 219 g/mol. The van der Waals surface area contributed by atoms with Crippen LogP contribution >= 0.6 is 0 Å². The molecule has 0 aliphatic rings. The second-order valence-electron chi connectivity index (χ2n) is 3.35. The molecule has 5 heteroatoms. The van der Waals surface area contributed by atoms with Crippen molar-refractivity contribution in [3.05, 3.63) is 29.8 Å². The Hall–Kier alpha value is -1.23. The van der Waals surface area contributed by atoms with Gasteiger partial charge in [0.2, 0.25) is 0 Å². The summed E-state index contributed by atoms with van der Waals surface area (Å²) in [5, 5.41) is 0. The Bertz CT molecular complexity index is 323. The fraction of sp³-hybridized carbons (Fsp3) is 0.400. The van der Waals surface area contributed by atoms with Crippen LogP contribution in [0, 0.1) is 0 Å². The molecule has 0 aliphatic heterocycles. The second-order valence-corrected chi connectivity index (χ2v) is 3.35. The maximum atomic E-state index is 12.3. The van der Waals surface area contributed by atoms with Gasteiger partial charge < -0.3 is 0 Å². The van der Waals surface area contributed by atoms with E-state index in [2.05, 4.69) is 5.48 Å². The summed E-state index contributed by atoms with van der Waals surface area (Å²) in [6, 6.07) is 4.86. The van der Waals surface area contributed by atoms with Gasteiger partial charge in [0.25, 0.3) is 0 Å². The van der Waals surface area contributed by atoms with E-state index in [0.717, 1.165) is 12.1 Å². The first kappa shape index (κ1) is 11.8. The van der Waals surface area contributed by atoms with E-state index in [1.807, 2.05) is 0 Å². The minimum Gasteiger partial charge on any atom is -0.273 e. The third-order valence-electron chi connectivity index (χ3n) is 1.60. The SMILES string of the molecule is CC(C)ONc1cccc(C(F)(F)F)c1. The smallest absolute Gasteiger partial charge is 0.273 e. The van der Waals surface area contributed by atoms with Gasteiger partial charge in [-0.1, -0.05) is 6.07 Å². The highest BCUT2D eigenvalue weighted by Crippen LogP contribution is 2.30. The molecule has 1 aromatic carbocycles. The van der Waals surface area contributed by atoms with Gasteiger partial charge in [-0.05, 0) is 32.0 Å². The average Bonchev–Trinajstić information content (AvgIpc) is 2.14.